The van der Waals surface area contributed by atoms with Crippen molar-refractivity contribution in [2.45, 2.75) is 64.7 Å². The van der Waals surface area contributed by atoms with Crippen molar-refractivity contribution in [1.29, 1.82) is 0 Å². The summed E-state index contributed by atoms with van der Waals surface area (Å²) < 4.78 is 0. The molecule has 7 heteroatoms. The number of benzene rings is 1. The van der Waals surface area contributed by atoms with Crippen LogP contribution in [0.2, 0.25) is 0 Å². The Morgan fingerprint density at radius 1 is 1.12 bits per heavy atom. The minimum absolute atomic E-state index is 0.0325. The van der Waals surface area contributed by atoms with E-state index >= 15 is 0 Å². The molecular weight excluding hydrogens is 428 g/mol. The Kier molecular flexibility index (Phi) is 7.83. The van der Waals surface area contributed by atoms with Gasteiger partial charge < -0.3 is 5.11 Å². The van der Waals surface area contributed by atoms with Crippen LogP contribution in [0.3, 0.4) is 0 Å². The SMILES string of the molecule is CCCCCC1CCCC(C(=O)c2n[nH]c(Cc3ccc(-c4ncccc4C(=O)O)cc3)n2)C1. The first-order valence-electron chi connectivity index (χ1n) is 12.3. The summed E-state index contributed by atoms with van der Waals surface area (Å²) in [5.41, 5.74) is 2.33. The lowest BCUT2D eigenvalue weighted by molar-refractivity contribution is 0.0697. The Hall–Kier alpha value is -3.35. The second-order valence-corrected chi connectivity index (χ2v) is 9.27. The zero-order valence-corrected chi connectivity index (χ0v) is 19.7. The summed E-state index contributed by atoms with van der Waals surface area (Å²) in [5.74, 6) is 0.684. The van der Waals surface area contributed by atoms with E-state index < -0.39 is 5.97 Å². The summed E-state index contributed by atoms with van der Waals surface area (Å²) in [5, 5.41) is 16.5. The third-order valence-corrected chi connectivity index (χ3v) is 6.76. The van der Waals surface area contributed by atoms with Gasteiger partial charge in [0.1, 0.15) is 5.82 Å². The van der Waals surface area contributed by atoms with Crippen LogP contribution in [0.15, 0.2) is 42.6 Å². The quantitative estimate of drug-likeness (QED) is 0.296. The molecule has 2 unspecified atom stereocenters. The van der Waals surface area contributed by atoms with Gasteiger partial charge in [0.25, 0.3) is 0 Å². The fourth-order valence-electron chi connectivity index (χ4n) is 4.92. The van der Waals surface area contributed by atoms with E-state index in [1.165, 1.54) is 32.1 Å². The summed E-state index contributed by atoms with van der Waals surface area (Å²) in [6, 6.07) is 10.7. The van der Waals surface area contributed by atoms with E-state index in [0.717, 1.165) is 30.4 Å². The summed E-state index contributed by atoms with van der Waals surface area (Å²) in [4.78, 5) is 33.2. The van der Waals surface area contributed by atoms with E-state index in [1.807, 2.05) is 24.3 Å². The highest BCUT2D eigenvalue weighted by Gasteiger charge is 2.29. The van der Waals surface area contributed by atoms with Crippen molar-refractivity contribution >= 4 is 11.8 Å². The van der Waals surface area contributed by atoms with Crippen molar-refractivity contribution in [1.82, 2.24) is 20.2 Å². The number of H-pyrrole nitrogens is 1. The number of Topliss-reactive ketones (excluding diaryl/α,β-unsaturated/α-hetero) is 1. The summed E-state index contributed by atoms with van der Waals surface area (Å²) in [6.45, 7) is 2.22. The molecule has 0 bridgehead atoms. The molecule has 4 rings (SSSR count). The van der Waals surface area contributed by atoms with E-state index in [0.29, 0.717) is 29.7 Å². The molecule has 1 aliphatic rings. The van der Waals surface area contributed by atoms with Gasteiger partial charge in [0.15, 0.2) is 0 Å². The number of nitrogens with zero attached hydrogens (tertiary/aromatic N) is 3. The van der Waals surface area contributed by atoms with Crippen molar-refractivity contribution in [3.8, 4) is 11.3 Å². The van der Waals surface area contributed by atoms with Gasteiger partial charge in [-0.15, -0.1) is 0 Å². The van der Waals surface area contributed by atoms with Gasteiger partial charge in [0.2, 0.25) is 11.6 Å². The fourth-order valence-corrected chi connectivity index (χ4v) is 4.92. The van der Waals surface area contributed by atoms with Crippen LogP contribution in [0.1, 0.15) is 90.7 Å². The van der Waals surface area contributed by atoms with E-state index in [9.17, 15) is 14.7 Å². The van der Waals surface area contributed by atoms with Gasteiger partial charge in [-0.05, 0) is 36.5 Å². The average molecular weight is 461 g/mol. The number of carboxylic acids is 1. The van der Waals surface area contributed by atoms with Crippen LogP contribution in [0.5, 0.6) is 0 Å². The maximum atomic E-state index is 13.0. The molecule has 2 heterocycles. The number of pyridine rings is 1. The zero-order valence-electron chi connectivity index (χ0n) is 19.7. The molecule has 0 aliphatic heterocycles. The number of hydrogen-bond acceptors (Lipinski definition) is 5. The first-order chi connectivity index (χ1) is 16.5. The minimum Gasteiger partial charge on any atom is -0.478 e. The van der Waals surface area contributed by atoms with Crippen LogP contribution < -0.4 is 0 Å². The van der Waals surface area contributed by atoms with Gasteiger partial charge in [0, 0.05) is 24.1 Å². The number of unbranched alkanes of at least 4 members (excludes halogenated alkanes) is 2. The number of aromatic nitrogens is 4. The molecule has 0 amide bonds. The predicted octanol–water partition coefficient (Wildman–Crippen LogP) is 5.73. The van der Waals surface area contributed by atoms with E-state index in [4.69, 9.17) is 0 Å². The molecule has 1 saturated carbocycles. The molecule has 34 heavy (non-hydrogen) atoms. The van der Waals surface area contributed by atoms with E-state index in [2.05, 4.69) is 27.1 Å². The third kappa shape index (κ3) is 5.76. The standard InChI is InChI=1S/C27H32N4O3/c1-2-3-4-7-18-8-5-9-21(16-18)25(32)26-29-23(30-31-26)17-19-11-13-20(14-12-19)24-22(27(33)34)10-6-15-28-24/h6,10-15,18,21H,2-5,7-9,16-17H2,1H3,(H,33,34)(H,29,30,31). The van der Waals surface area contributed by atoms with Crippen molar-refractivity contribution in [2.75, 3.05) is 0 Å². The average Bonchev–Trinajstić information content (AvgIpc) is 3.33. The molecule has 178 valence electrons. The molecule has 1 aromatic carbocycles. The number of aromatic amines is 1. The Labute approximate surface area is 200 Å². The first-order valence-corrected chi connectivity index (χ1v) is 12.3. The van der Waals surface area contributed by atoms with Crippen molar-refractivity contribution in [2.24, 2.45) is 11.8 Å². The summed E-state index contributed by atoms with van der Waals surface area (Å²) in [7, 11) is 0. The second kappa shape index (κ2) is 11.2. The van der Waals surface area contributed by atoms with E-state index in [-0.39, 0.29) is 17.3 Å². The summed E-state index contributed by atoms with van der Waals surface area (Å²) >= 11 is 0. The lowest BCUT2D eigenvalue weighted by Gasteiger charge is -2.27. The molecule has 0 spiro atoms. The predicted molar refractivity (Wildman–Crippen MR) is 130 cm³/mol. The number of carbonyl (C=O) groups is 2. The minimum atomic E-state index is -1.00. The van der Waals surface area contributed by atoms with Crippen molar-refractivity contribution in [3.63, 3.8) is 0 Å². The molecule has 1 aliphatic carbocycles. The van der Waals surface area contributed by atoms with Crippen LogP contribution in [-0.2, 0) is 6.42 Å². The van der Waals surface area contributed by atoms with Gasteiger partial charge in [0.05, 0.1) is 11.3 Å². The topological polar surface area (TPSA) is 109 Å². The Bertz CT molecular complexity index is 1120. The number of hydrogen-bond donors (Lipinski definition) is 2. The van der Waals surface area contributed by atoms with Gasteiger partial charge in [-0.25, -0.2) is 9.78 Å². The number of ketones is 1. The lowest BCUT2D eigenvalue weighted by atomic mass is 9.77. The number of rotatable bonds is 10. The highest BCUT2D eigenvalue weighted by atomic mass is 16.4. The smallest absolute Gasteiger partial charge is 0.337 e. The monoisotopic (exact) mass is 460 g/mol. The molecule has 1 fully saturated rings. The van der Waals surface area contributed by atoms with Gasteiger partial charge in [-0.1, -0.05) is 69.7 Å². The van der Waals surface area contributed by atoms with Gasteiger partial charge >= 0.3 is 5.97 Å². The molecule has 2 atom stereocenters. The van der Waals surface area contributed by atoms with Crippen molar-refractivity contribution < 1.29 is 14.7 Å². The van der Waals surface area contributed by atoms with Crippen LogP contribution >= 0.6 is 0 Å². The van der Waals surface area contributed by atoms with Crippen LogP contribution in [0, 0.1) is 11.8 Å². The molecular formula is C27H32N4O3. The highest BCUT2D eigenvalue weighted by Crippen LogP contribution is 2.34. The molecule has 2 aromatic heterocycles. The Morgan fingerprint density at radius 3 is 2.71 bits per heavy atom. The number of aromatic carboxylic acids is 1. The lowest BCUT2D eigenvalue weighted by Crippen LogP contribution is -2.24. The molecule has 0 saturated heterocycles. The highest BCUT2D eigenvalue weighted by molar-refractivity contribution is 5.95. The molecule has 3 aromatic rings. The maximum absolute atomic E-state index is 13.0. The third-order valence-electron chi connectivity index (χ3n) is 6.76. The number of carboxylic acid groups (broad SMARTS) is 1. The van der Waals surface area contributed by atoms with Gasteiger partial charge in [-0.3, -0.25) is 14.9 Å². The second-order valence-electron chi connectivity index (χ2n) is 9.27. The number of carbonyl (C=O) groups excluding carboxylic acids is 1. The molecule has 0 radical (unpaired) electrons. The van der Waals surface area contributed by atoms with Crippen molar-refractivity contribution in [3.05, 3.63) is 65.4 Å². The Balaban J connectivity index is 1.38. The largest absolute Gasteiger partial charge is 0.478 e. The zero-order chi connectivity index (χ0) is 23.9. The molecule has 2 N–H and O–H groups in total. The Morgan fingerprint density at radius 2 is 1.94 bits per heavy atom. The van der Waals surface area contributed by atoms with Crippen LogP contribution in [0.25, 0.3) is 11.3 Å². The maximum Gasteiger partial charge on any atom is 0.337 e. The normalized spacial score (nSPS) is 18.0. The van der Waals surface area contributed by atoms with Crippen LogP contribution in [0.4, 0.5) is 0 Å². The summed E-state index contributed by atoms with van der Waals surface area (Å²) in [6.07, 6.45) is 11.3. The van der Waals surface area contributed by atoms with Gasteiger partial charge in [-0.2, -0.15) is 5.10 Å². The fraction of sp³-hybridized carbons (Fsp3) is 0.444. The van der Waals surface area contributed by atoms with E-state index in [1.54, 1.807) is 18.3 Å². The molecule has 7 nitrogen and oxygen atoms in total. The van der Waals surface area contributed by atoms with Crippen LogP contribution in [-0.4, -0.2) is 37.0 Å². The number of nitrogens with one attached hydrogen (secondary N) is 1. The first kappa shape index (κ1) is 23.8.